The lowest BCUT2D eigenvalue weighted by molar-refractivity contribution is -0.387. The minimum absolute atomic E-state index is 0.0339. The Hall–Kier alpha value is -3.69. The lowest BCUT2D eigenvalue weighted by Crippen LogP contribution is -2.07. The normalized spacial score (nSPS) is 10.9. The molecule has 4 aromatic rings. The fraction of sp³-hybridized carbons (Fsp3) is 0.0455. The molecule has 2 aromatic heterocycles. The molecule has 0 bridgehead atoms. The number of benzene rings is 2. The molecular weight excluding hydrogens is 454 g/mol. The minimum Gasteiger partial charge on any atom is -0.312 e. The van der Waals surface area contributed by atoms with Gasteiger partial charge in [-0.1, -0.05) is 41.6 Å². The summed E-state index contributed by atoms with van der Waals surface area (Å²) in [5.74, 6) is -0.419. The third-order valence-electron chi connectivity index (χ3n) is 4.92. The van der Waals surface area contributed by atoms with Crippen molar-refractivity contribution in [2.24, 2.45) is 0 Å². The maximum Gasteiger partial charge on any atom is 0.288 e. The fourth-order valence-corrected chi connectivity index (χ4v) is 4.77. The van der Waals surface area contributed by atoms with Gasteiger partial charge in [-0.15, -0.1) is 0 Å². The number of hydrogen-bond acceptors (Lipinski definition) is 6. The molecule has 0 atom stereocenters. The summed E-state index contributed by atoms with van der Waals surface area (Å²) >= 11 is 7.08. The Morgan fingerprint density at radius 1 is 0.969 bits per heavy atom. The molecule has 32 heavy (non-hydrogen) atoms. The topological polar surface area (TPSA) is 108 Å². The molecule has 0 unspecified atom stereocenters. The Bertz CT molecular complexity index is 1420. The summed E-state index contributed by atoms with van der Waals surface area (Å²) in [6, 6.07) is 15.7. The average Bonchev–Trinajstić information content (AvgIpc) is 3.05. The molecule has 2 heterocycles. The van der Waals surface area contributed by atoms with Crippen molar-refractivity contribution in [1.29, 1.82) is 0 Å². The number of pyridine rings is 1. The number of carbonyl (C=O) groups is 1. The molecule has 0 amide bonds. The number of aromatic nitrogens is 1. The maximum atomic E-state index is 13.4. The molecule has 10 heteroatoms. The number of para-hydroxylation sites is 1. The molecule has 0 aliphatic carbocycles. The van der Waals surface area contributed by atoms with Crippen LogP contribution in [0.5, 0.6) is 0 Å². The van der Waals surface area contributed by atoms with Gasteiger partial charge >= 0.3 is 0 Å². The Morgan fingerprint density at radius 2 is 1.66 bits per heavy atom. The zero-order valence-corrected chi connectivity index (χ0v) is 18.1. The number of hydrogen-bond donors (Lipinski definition) is 0. The molecule has 2 aromatic carbocycles. The summed E-state index contributed by atoms with van der Waals surface area (Å²) in [4.78, 5) is 36.1. The molecular formula is C22H14ClN3O5S. The summed E-state index contributed by atoms with van der Waals surface area (Å²) in [5.41, 5.74) is 1.36. The van der Waals surface area contributed by atoms with Gasteiger partial charge in [-0.3, -0.25) is 25.0 Å². The van der Waals surface area contributed by atoms with E-state index in [0.717, 1.165) is 6.07 Å². The van der Waals surface area contributed by atoms with E-state index in [0.29, 0.717) is 26.6 Å². The summed E-state index contributed by atoms with van der Waals surface area (Å²) in [6.45, 7) is 1.75. The summed E-state index contributed by atoms with van der Waals surface area (Å²) in [5, 5.41) is 22.6. The first-order valence-corrected chi connectivity index (χ1v) is 10.5. The molecule has 0 aliphatic rings. The van der Waals surface area contributed by atoms with Crippen molar-refractivity contribution in [3.8, 4) is 0 Å². The van der Waals surface area contributed by atoms with E-state index in [1.54, 1.807) is 47.9 Å². The molecule has 0 N–H and O–H groups in total. The van der Waals surface area contributed by atoms with E-state index in [1.165, 1.54) is 30.0 Å². The van der Waals surface area contributed by atoms with Crippen LogP contribution in [0.3, 0.4) is 0 Å². The first-order chi connectivity index (χ1) is 15.3. The fourth-order valence-electron chi connectivity index (χ4n) is 3.45. The smallest absolute Gasteiger partial charge is 0.288 e. The second kappa shape index (κ2) is 8.45. The zero-order valence-electron chi connectivity index (χ0n) is 16.5. The van der Waals surface area contributed by atoms with Crippen LogP contribution in [0, 0.1) is 27.2 Å². The number of ketones is 1. The third kappa shape index (κ3) is 3.72. The number of nitro benzene ring substituents is 2. The van der Waals surface area contributed by atoms with Crippen LogP contribution >= 0.6 is 23.4 Å². The molecule has 0 radical (unpaired) electrons. The SMILES string of the molecule is Cc1c(Sc2ccccc2[N+](=O)[O-])c2ccccn2c1C(=O)c1ccc(Cl)c([N+](=O)[O-])c1. The van der Waals surface area contributed by atoms with E-state index in [1.807, 2.05) is 6.07 Å². The minimum atomic E-state index is -0.641. The van der Waals surface area contributed by atoms with Crippen molar-refractivity contribution in [3.63, 3.8) is 0 Å². The first-order valence-electron chi connectivity index (χ1n) is 9.29. The lowest BCUT2D eigenvalue weighted by Gasteiger charge is -2.05. The van der Waals surface area contributed by atoms with Gasteiger partial charge in [0.25, 0.3) is 11.4 Å². The second-order valence-corrected chi connectivity index (χ2v) is 8.30. The van der Waals surface area contributed by atoms with E-state index in [4.69, 9.17) is 11.6 Å². The van der Waals surface area contributed by atoms with Crippen LogP contribution in [0.1, 0.15) is 21.6 Å². The van der Waals surface area contributed by atoms with Gasteiger partial charge in [0.2, 0.25) is 5.78 Å². The van der Waals surface area contributed by atoms with Crippen LogP contribution in [-0.4, -0.2) is 20.0 Å². The van der Waals surface area contributed by atoms with Gasteiger partial charge in [0.15, 0.2) is 0 Å². The monoisotopic (exact) mass is 467 g/mol. The Labute approximate surface area is 190 Å². The molecule has 0 saturated heterocycles. The highest BCUT2D eigenvalue weighted by Crippen LogP contribution is 2.41. The van der Waals surface area contributed by atoms with E-state index < -0.39 is 15.6 Å². The zero-order chi connectivity index (χ0) is 23.0. The second-order valence-electron chi connectivity index (χ2n) is 6.84. The quantitative estimate of drug-likeness (QED) is 0.192. The highest BCUT2D eigenvalue weighted by atomic mass is 35.5. The van der Waals surface area contributed by atoms with Crippen LogP contribution in [0.15, 0.2) is 76.7 Å². The van der Waals surface area contributed by atoms with Crippen molar-refractivity contribution in [2.75, 3.05) is 0 Å². The van der Waals surface area contributed by atoms with Gasteiger partial charge in [-0.05, 0) is 42.8 Å². The summed E-state index contributed by atoms with van der Waals surface area (Å²) < 4.78 is 1.69. The summed E-state index contributed by atoms with van der Waals surface area (Å²) in [6.07, 6.45) is 1.71. The van der Waals surface area contributed by atoms with Gasteiger partial charge < -0.3 is 4.40 Å². The van der Waals surface area contributed by atoms with E-state index in [9.17, 15) is 25.0 Å². The van der Waals surface area contributed by atoms with E-state index >= 15 is 0 Å². The van der Waals surface area contributed by atoms with E-state index in [2.05, 4.69) is 0 Å². The van der Waals surface area contributed by atoms with Crippen LogP contribution in [0.25, 0.3) is 5.52 Å². The molecule has 160 valence electrons. The molecule has 8 nitrogen and oxygen atoms in total. The molecule has 0 fully saturated rings. The number of rotatable bonds is 6. The molecule has 4 rings (SSSR count). The van der Waals surface area contributed by atoms with E-state index in [-0.39, 0.29) is 22.0 Å². The average molecular weight is 468 g/mol. The van der Waals surface area contributed by atoms with Crippen LogP contribution in [-0.2, 0) is 0 Å². The van der Waals surface area contributed by atoms with Gasteiger partial charge in [-0.25, -0.2) is 0 Å². The molecule has 0 spiro atoms. The van der Waals surface area contributed by atoms with Gasteiger partial charge in [0.1, 0.15) is 5.02 Å². The van der Waals surface area contributed by atoms with Crippen molar-refractivity contribution < 1.29 is 14.6 Å². The van der Waals surface area contributed by atoms with Crippen molar-refractivity contribution >= 4 is 46.0 Å². The number of nitrogens with zero attached hydrogens (tertiary/aromatic N) is 3. The first kappa shape index (κ1) is 21.5. The summed E-state index contributed by atoms with van der Waals surface area (Å²) in [7, 11) is 0. The van der Waals surface area contributed by atoms with Gasteiger partial charge in [0.05, 0.1) is 26.0 Å². The molecule has 0 saturated carbocycles. The number of nitro groups is 2. The Morgan fingerprint density at radius 3 is 2.38 bits per heavy atom. The number of halogens is 1. The Kier molecular flexibility index (Phi) is 5.68. The highest BCUT2D eigenvalue weighted by molar-refractivity contribution is 7.99. The van der Waals surface area contributed by atoms with Gasteiger partial charge in [-0.2, -0.15) is 0 Å². The third-order valence-corrected chi connectivity index (χ3v) is 6.53. The van der Waals surface area contributed by atoms with Crippen LogP contribution < -0.4 is 0 Å². The maximum absolute atomic E-state index is 13.4. The van der Waals surface area contributed by atoms with Crippen molar-refractivity contribution in [2.45, 2.75) is 16.7 Å². The highest BCUT2D eigenvalue weighted by Gasteiger charge is 2.25. The number of carbonyl (C=O) groups excluding carboxylic acids is 1. The van der Waals surface area contributed by atoms with Crippen LogP contribution in [0.2, 0.25) is 5.02 Å². The standard InChI is InChI=1S/C22H14ClN3O5S/c1-13-20(21(27)14-9-10-15(23)18(12-14)26(30)31)24-11-5-4-7-17(24)22(13)32-19-8-3-2-6-16(19)25(28)29/h2-12H,1H3. The van der Waals surface area contributed by atoms with Gasteiger partial charge in [0, 0.05) is 28.8 Å². The Balaban J connectivity index is 1.87. The predicted molar refractivity (Wildman–Crippen MR) is 121 cm³/mol. The lowest BCUT2D eigenvalue weighted by atomic mass is 10.1. The largest absolute Gasteiger partial charge is 0.312 e. The van der Waals surface area contributed by atoms with Crippen LogP contribution in [0.4, 0.5) is 11.4 Å². The van der Waals surface area contributed by atoms with Crippen molar-refractivity contribution in [3.05, 3.63) is 109 Å². The van der Waals surface area contributed by atoms with Crippen molar-refractivity contribution in [1.82, 2.24) is 4.40 Å². The molecule has 0 aliphatic heterocycles. The number of fused-ring (bicyclic) bond motifs is 1. The predicted octanol–water partition coefficient (Wildman–Crippen LogP) is 6.10.